The van der Waals surface area contributed by atoms with Gasteiger partial charge < -0.3 is 5.11 Å². The van der Waals surface area contributed by atoms with E-state index in [9.17, 15) is 5.11 Å². The van der Waals surface area contributed by atoms with Gasteiger partial charge in [0.1, 0.15) is 0 Å². The Balaban J connectivity index is 1.65. The molecule has 1 unspecified atom stereocenters. The van der Waals surface area contributed by atoms with Crippen LogP contribution in [0.1, 0.15) is 50.5 Å². The third-order valence-corrected chi connectivity index (χ3v) is 4.42. The van der Waals surface area contributed by atoms with E-state index < -0.39 is 0 Å². The predicted octanol–water partition coefficient (Wildman–Crippen LogP) is 4.01. The second kappa shape index (κ2) is 6.41. The highest BCUT2D eigenvalue weighted by molar-refractivity contribution is 7.07. The first-order valence-corrected chi connectivity index (χ1v) is 7.48. The van der Waals surface area contributed by atoms with E-state index in [1.807, 2.05) is 0 Å². The zero-order chi connectivity index (χ0) is 11.2. The largest absolute Gasteiger partial charge is 0.393 e. The Hall–Kier alpha value is -0.340. The molecule has 0 saturated heterocycles. The average Bonchev–Trinajstić information content (AvgIpc) is 2.81. The summed E-state index contributed by atoms with van der Waals surface area (Å²) >= 11 is 1.72. The molecule has 1 aliphatic rings. The lowest BCUT2D eigenvalue weighted by Crippen LogP contribution is -2.14. The Labute approximate surface area is 103 Å². The van der Waals surface area contributed by atoms with Gasteiger partial charge in [0.15, 0.2) is 0 Å². The zero-order valence-electron chi connectivity index (χ0n) is 9.90. The summed E-state index contributed by atoms with van der Waals surface area (Å²) in [4.78, 5) is 0. The van der Waals surface area contributed by atoms with E-state index in [0.29, 0.717) is 0 Å². The van der Waals surface area contributed by atoms with E-state index in [1.54, 1.807) is 11.3 Å². The Kier molecular flexibility index (Phi) is 4.86. The van der Waals surface area contributed by atoms with E-state index in [4.69, 9.17) is 0 Å². The molecule has 90 valence electrons. The van der Waals surface area contributed by atoms with Gasteiger partial charge in [-0.1, -0.05) is 32.1 Å². The summed E-state index contributed by atoms with van der Waals surface area (Å²) < 4.78 is 0. The van der Waals surface area contributed by atoms with Gasteiger partial charge >= 0.3 is 0 Å². The van der Waals surface area contributed by atoms with Crippen LogP contribution in [0, 0.1) is 5.92 Å². The van der Waals surface area contributed by atoms with E-state index in [2.05, 4.69) is 16.8 Å². The van der Waals surface area contributed by atoms with E-state index in [0.717, 1.165) is 18.8 Å². The number of thiophene rings is 1. The summed E-state index contributed by atoms with van der Waals surface area (Å²) in [7, 11) is 0. The Morgan fingerprint density at radius 3 is 2.81 bits per heavy atom. The Bertz CT molecular complexity index is 275. The summed E-state index contributed by atoms with van der Waals surface area (Å²) in [5.74, 6) is 0.894. The highest BCUT2D eigenvalue weighted by atomic mass is 32.1. The number of hydrogen-bond acceptors (Lipinski definition) is 2. The molecular weight excluding hydrogens is 216 g/mol. The molecule has 1 N–H and O–H groups in total. The van der Waals surface area contributed by atoms with Gasteiger partial charge in [-0.05, 0) is 47.6 Å². The number of aliphatic hydroxyl groups is 1. The van der Waals surface area contributed by atoms with Crippen molar-refractivity contribution >= 4 is 11.3 Å². The molecule has 1 nitrogen and oxygen atoms in total. The van der Waals surface area contributed by atoms with E-state index in [-0.39, 0.29) is 6.10 Å². The van der Waals surface area contributed by atoms with Crippen LogP contribution in [-0.4, -0.2) is 11.2 Å². The van der Waals surface area contributed by atoms with Crippen LogP contribution >= 0.6 is 11.3 Å². The lowest BCUT2D eigenvalue weighted by atomic mass is 9.85. The predicted molar refractivity (Wildman–Crippen MR) is 69.8 cm³/mol. The number of hydrogen-bond donors (Lipinski definition) is 1. The minimum Gasteiger partial charge on any atom is -0.393 e. The van der Waals surface area contributed by atoms with Crippen molar-refractivity contribution in [2.24, 2.45) is 5.92 Å². The van der Waals surface area contributed by atoms with Gasteiger partial charge in [-0.2, -0.15) is 11.3 Å². The first-order chi connectivity index (χ1) is 7.84. The van der Waals surface area contributed by atoms with Crippen LogP contribution in [0.25, 0.3) is 0 Å². The third kappa shape index (κ3) is 3.91. The van der Waals surface area contributed by atoms with Crippen molar-refractivity contribution in [2.75, 3.05) is 0 Å². The van der Waals surface area contributed by atoms with E-state index in [1.165, 1.54) is 44.1 Å². The minimum atomic E-state index is -0.128. The maximum Gasteiger partial charge on any atom is 0.0581 e. The van der Waals surface area contributed by atoms with Gasteiger partial charge in [-0.25, -0.2) is 0 Å². The van der Waals surface area contributed by atoms with Crippen LogP contribution in [0.5, 0.6) is 0 Å². The van der Waals surface area contributed by atoms with Gasteiger partial charge in [0.25, 0.3) is 0 Å². The molecular formula is C14H22OS. The molecule has 0 aliphatic heterocycles. The zero-order valence-corrected chi connectivity index (χ0v) is 10.7. The molecule has 0 spiro atoms. The fourth-order valence-corrected chi connectivity index (χ4v) is 3.37. The van der Waals surface area contributed by atoms with Crippen molar-refractivity contribution in [3.8, 4) is 0 Å². The van der Waals surface area contributed by atoms with Crippen LogP contribution < -0.4 is 0 Å². The van der Waals surface area contributed by atoms with Gasteiger partial charge in [0.05, 0.1) is 6.10 Å². The minimum absolute atomic E-state index is 0.128. The normalized spacial score (nSPS) is 19.8. The smallest absolute Gasteiger partial charge is 0.0581 e. The lowest BCUT2D eigenvalue weighted by molar-refractivity contribution is 0.149. The van der Waals surface area contributed by atoms with E-state index >= 15 is 0 Å². The summed E-state index contributed by atoms with van der Waals surface area (Å²) in [5, 5.41) is 14.2. The molecule has 0 aromatic carbocycles. The maximum atomic E-state index is 9.96. The number of aliphatic hydroxyl groups excluding tert-OH is 1. The van der Waals surface area contributed by atoms with Crippen molar-refractivity contribution in [3.05, 3.63) is 22.4 Å². The van der Waals surface area contributed by atoms with Gasteiger partial charge in [-0.3, -0.25) is 0 Å². The molecule has 0 amide bonds. The molecule has 2 rings (SSSR count). The summed E-state index contributed by atoms with van der Waals surface area (Å²) in [6, 6.07) is 2.12. The average molecular weight is 238 g/mol. The van der Waals surface area contributed by atoms with Crippen LogP contribution in [0.3, 0.4) is 0 Å². The number of rotatable bonds is 5. The SMILES string of the molecule is OC(CCC1CCCCC1)Cc1ccsc1. The fraction of sp³-hybridized carbons (Fsp3) is 0.714. The molecule has 1 fully saturated rings. The third-order valence-electron chi connectivity index (χ3n) is 3.68. The molecule has 0 bridgehead atoms. The molecule has 1 aromatic rings. The fourth-order valence-electron chi connectivity index (χ4n) is 2.69. The lowest BCUT2D eigenvalue weighted by Gasteiger charge is -2.22. The highest BCUT2D eigenvalue weighted by Gasteiger charge is 2.15. The molecule has 1 aliphatic carbocycles. The van der Waals surface area contributed by atoms with Gasteiger partial charge in [0, 0.05) is 0 Å². The van der Waals surface area contributed by atoms with Crippen LogP contribution in [0.15, 0.2) is 16.8 Å². The topological polar surface area (TPSA) is 20.2 Å². The Morgan fingerprint density at radius 2 is 2.12 bits per heavy atom. The molecule has 1 heterocycles. The molecule has 1 aromatic heterocycles. The van der Waals surface area contributed by atoms with Crippen molar-refractivity contribution in [1.29, 1.82) is 0 Å². The maximum absolute atomic E-state index is 9.96. The first kappa shape index (κ1) is 12.1. The van der Waals surface area contributed by atoms with Crippen molar-refractivity contribution in [3.63, 3.8) is 0 Å². The highest BCUT2D eigenvalue weighted by Crippen LogP contribution is 2.28. The van der Waals surface area contributed by atoms with Crippen LogP contribution in [-0.2, 0) is 6.42 Å². The molecule has 1 atom stereocenters. The quantitative estimate of drug-likeness (QED) is 0.821. The molecule has 1 saturated carbocycles. The molecule has 2 heteroatoms. The second-order valence-corrected chi connectivity index (χ2v) is 5.85. The molecule has 0 radical (unpaired) electrons. The van der Waals surface area contributed by atoms with Crippen LogP contribution in [0.2, 0.25) is 0 Å². The van der Waals surface area contributed by atoms with Crippen molar-refractivity contribution in [1.82, 2.24) is 0 Å². The summed E-state index contributed by atoms with van der Waals surface area (Å²) in [6.45, 7) is 0. The van der Waals surface area contributed by atoms with Gasteiger partial charge in [0.2, 0.25) is 0 Å². The summed E-state index contributed by atoms with van der Waals surface area (Å²) in [6.07, 6.45) is 9.96. The van der Waals surface area contributed by atoms with Crippen molar-refractivity contribution < 1.29 is 5.11 Å². The van der Waals surface area contributed by atoms with Gasteiger partial charge in [-0.15, -0.1) is 0 Å². The molecule has 16 heavy (non-hydrogen) atoms. The summed E-state index contributed by atoms with van der Waals surface area (Å²) in [5.41, 5.74) is 1.29. The second-order valence-electron chi connectivity index (χ2n) is 5.07. The van der Waals surface area contributed by atoms with Crippen molar-refractivity contribution in [2.45, 2.75) is 57.5 Å². The standard InChI is InChI=1S/C14H22OS/c15-14(10-13-8-9-16-11-13)7-6-12-4-2-1-3-5-12/h8-9,11-12,14-15H,1-7,10H2. The van der Waals surface area contributed by atoms with Crippen LogP contribution in [0.4, 0.5) is 0 Å². The Morgan fingerprint density at radius 1 is 1.31 bits per heavy atom. The monoisotopic (exact) mass is 238 g/mol. The first-order valence-electron chi connectivity index (χ1n) is 6.54.